The van der Waals surface area contributed by atoms with E-state index < -0.39 is 11.9 Å². The average Bonchev–Trinajstić information content (AvgIpc) is 2.80. The second-order valence-corrected chi connectivity index (χ2v) is 7.62. The molecule has 0 aromatic heterocycles. The first-order valence-electron chi connectivity index (χ1n) is 9.60. The molecule has 0 unspecified atom stereocenters. The Hall–Kier alpha value is -3.67. The van der Waals surface area contributed by atoms with Gasteiger partial charge >= 0.3 is 5.97 Å². The molecule has 0 spiro atoms. The van der Waals surface area contributed by atoms with Gasteiger partial charge in [-0.3, -0.25) is 4.79 Å². The fraction of sp³-hybridized carbons (Fsp3) is 0. The summed E-state index contributed by atoms with van der Waals surface area (Å²) in [6.45, 7) is 0. The van der Waals surface area contributed by atoms with E-state index >= 15 is 0 Å². The van der Waals surface area contributed by atoms with Gasteiger partial charge in [0.05, 0.1) is 16.8 Å². The molecule has 5 nitrogen and oxygen atoms in total. The summed E-state index contributed by atoms with van der Waals surface area (Å²) < 4.78 is 5.63. The van der Waals surface area contributed by atoms with Crippen molar-refractivity contribution in [2.75, 3.05) is 0 Å². The van der Waals surface area contributed by atoms with Gasteiger partial charge in [-0.25, -0.2) is 10.2 Å². The normalized spacial score (nSPS) is 10.9. The molecular weight excluding hydrogens is 447 g/mol. The molecule has 0 aliphatic rings. The zero-order valence-electron chi connectivity index (χ0n) is 16.6. The molecule has 1 amide bonds. The maximum atomic E-state index is 12.7. The molecule has 0 atom stereocenters. The van der Waals surface area contributed by atoms with Crippen molar-refractivity contribution in [2.45, 2.75) is 0 Å². The highest BCUT2D eigenvalue weighted by Crippen LogP contribution is 2.28. The Bertz CT molecular complexity index is 1330. The predicted octanol–water partition coefficient (Wildman–Crippen LogP) is 6.13. The Morgan fingerprint density at radius 1 is 0.844 bits per heavy atom. The van der Waals surface area contributed by atoms with Gasteiger partial charge in [0, 0.05) is 16.1 Å². The van der Waals surface area contributed by atoms with Crippen molar-refractivity contribution in [1.82, 2.24) is 5.43 Å². The van der Waals surface area contributed by atoms with E-state index in [2.05, 4.69) is 10.5 Å². The Balaban J connectivity index is 1.63. The molecule has 0 saturated carbocycles. The number of esters is 1. The number of rotatable bonds is 5. The number of ether oxygens (including phenoxy) is 1. The largest absolute Gasteiger partial charge is 0.422 e. The molecule has 4 aromatic carbocycles. The fourth-order valence-electron chi connectivity index (χ4n) is 3.10. The molecule has 4 rings (SSSR count). The minimum atomic E-state index is -0.592. The molecule has 0 aliphatic heterocycles. The average molecular weight is 463 g/mol. The van der Waals surface area contributed by atoms with Crippen molar-refractivity contribution in [3.8, 4) is 5.75 Å². The van der Waals surface area contributed by atoms with Crippen LogP contribution in [0, 0.1) is 0 Å². The number of amides is 1. The summed E-state index contributed by atoms with van der Waals surface area (Å²) in [7, 11) is 0. The highest BCUT2D eigenvalue weighted by Gasteiger charge is 2.16. The van der Waals surface area contributed by atoms with E-state index in [1.165, 1.54) is 6.21 Å². The van der Waals surface area contributed by atoms with Gasteiger partial charge in [0.1, 0.15) is 5.75 Å². The first kappa shape index (κ1) is 21.6. The van der Waals surface area contributed by atoms with Gasteiger partial charge in [0.2, 0.25) is 0 Å². The van der Waals surface area contributed by atoms with Crippen LogP contribution < -0.4 is 10.2 Å². The van der Waals surface area contributed by atoms with Gasteiger partial charge in [-0.2, -0.15) is 5.10 Å². The molecule has 4 aromatic rings. The van der Waals surface area contributed by atoms with Crippen LogP contribution in [0.2, 0.25) is 10.0 Å². The minimum Gasteiger partial charge on any atom is -0.422 e. The lowest BCUT2D eigenvalue weighted by molar-refractivity contribution is 0.0734. The summed E-state index contributed by atoms with van der Waals surface area (Å²) in [5.41, 5.74) is 3.68. The quantitative estimate of drug-likeness (QED) is 0.168. The van der Waals surface area contributed by atoms with Gasteiger partial charge in [0.25, 0.3) is 5.91 Å². The first-order chi connectivity index (χ1) is 15.5. The van der Waals surface area contributed by atoms with Crippen LogP contribution in [0.15, 0.2) is 90.0 Å². The molecule has 32 heavy (non-hydrogen) atoms. The molecule has 0 fully saturated rings. The third-order valence-corrected chi connectivity index (χ3v) is 5.27. The number of carbonyl (C=O) groups excluding carboxylic acids is 2. The number of benzene rings is 4. The van der Waals surface area contributed by atoms with E-state index in [4.69, 9.17) is 27.9 Å². The Morgan fingerprint density at radius 3 is 2.34 bits per heavy atom. The summed E-state index contributed by atoms with van der Waals surface area (Å²) >= 11 is 12.0. The van der Waals surface area contributed by atoms with E-state index in [9.17, 15) is 9.59 Å². The Kier molecular flexibility index (Phi) is 6.50. The molecular formula is C25H16Cl2N2O3. The van der Waals surface area contributed by atoms with Gasteiger partial charge in [-0.15, -0.1) is 0 Å². The summed E-state index contributed by atoms with van der Waals surface area (Å²) in [5, 5.41) is 6.64. The number of nitrogens with one attached hydrogen (secondary N) is 1. The zero-order valence-corrected chi connectivity index (χ0v) is 18.1. The van der Waals surface area contributed by atoms with Crippen molar-refractivity contribution in [3.05, 3.63) is 112 Å². The lowest BCUT2D eigenvalue weighted by Gasteiger charge is -2.11. The summed E-state index contributed by atoms with van der Waals surface area (Å²) in [4.78, 5) is 25.0. The van der Waals surface area contributed by atoms with E-state index in [1.807, 2.05) is 30.3 Å². The minimum absolute atomic E-state index is 0.251. The van der Waals surface area contributed by atoms with Crippen molar-refractivity contribution < 1.29 is 14.3 Å². The Labute approximate surface area is 194 Å². The standard InChI is InChI=1S/C25H16Cl2N2O3/c26-18-12-9-17(10-13-18)24(30)29-28-15-21-19-6-2-1-5-16(19)11-14-23(21)32-25(31)20-7-3-4-8-22(20)27/h1-15H,(H,29,30). The monoisotopic (exact) mass is 462 g/mol. The second-order valence-electron chi connectivity index (χ2n) is 6.77. The number of halogens is 2. The van der Waals surface area contributed by atoms with Crippen molar-refractivity contribution in [1.29, 1.82) is 0 Å². The lowest BCUT2D eigenvalue weighted by atomic mass is 10.0. The maximum absolute atomic E-state index is 12.7. The van der Waals surface area contributed by atoms with Crippen LogP contribution in [0.4, 0.5) is 0 Å². The van der Waals surface area contributed by atoms with Crippen molar-refractivity contribution >= 4 is 52.1 Å². The lowest BCUT2D eigenvalue weighted by Crippen LogP contribution is -2.17. The molecule has 7 heteroatoms. The molecule has 0 heterocycles. The summed E-state index contributed by atoms with van der Waals surface area (Å²) in [6.07, 6.45) is 1.45. The summed E-state index contributed by atoms with van der Waals surface area (Å²) in [5.74, 6) is -0.698. The number of carbonyl (C=O) groups is 2. The molecule has 158 valence electrons. The van der Waals surface area contributed by atoms with Gasteiger partial charge in [-0.1, -0.05) is 65.7 Å². The third kappa shape index (κ3) is 4.80. The number of hydrogen-bond acceptors (Lipinski definition) is 4. The maximum Gasteiger partial charge on any atom is 0.345 e. The molecule has 1 N–H and O–H groups in total. The molecule has 0 saturated heterocycles. The van der Waals surface area contributed by atoms with Crippen LogP contribution in [0.25, 0.3) is 10.8 Å². The Morgan fingerprint density at radius 2 is 1.56 bits per heavy atom. The number of nitrogens with zero attached hydrogens (tertiary/aromatic N) is 1. The number of fused-ring (bicyclic) bond motifs is 1. The van der Waals surface area contributed by atoms with Crippen LogP contribution in [-0.2, 0) is 0 Å². The topological polar surface area (TPSA) is 67.8 Å². The van der Waals surface area contributed by atoms with E-state index in [-0.39, 0.29) is 11.3 Å². The van der Waals surface area contributed by atoms with Crippen LogP contribution in [0.5, 0.6) is 5.75 Å². The van der Waals surface area contributed by atoms with E-state index in [1.54, 1.807) is 54.6 Å². The van der Waals surface area contributed by atoms with E-state index in [0.717, 1.165) is 10.8 Å². The molecule has 0 radical (unpaired) electrons. The molecule has 0 bridgehead atoms. The van der Waals surface area contributed by atoms with E-state index in [0.29, 0.717) is 21.2 Å². The number of hydrogen-bond donors (Lipinski definition) is 1. The first-order valence-corrected chi connectivity index (χ1v) is 10.4. The predicted molar refractivity (Wildman–Crippen MR) is 127 cm³/mol. The van der Waals surface area contributed by atoms with Gasteiger partial charge < -0.3 is 4.74 Å². The van der Waals surface area contributed by atoms with Crippen molar-refractivity contribution in [2.24, 2.45) is 5.10 Å². The fourth-order valence-corrected chi connectivity index (χ4v) is 3.44. The second kappa shape index (κ2) is 9.64. The van der Waals surface area contributed by atoms with Gasteiger partial charge in [-0.05, 0) is 53.2 Å². The van der Waals surface area contributed by atoms with Crippen LogP contribution in [-0.4, -0.2) is 18.1 Å². The van der Waals surface area contributed by atoms with Crippen LogP contribution in [0.1, 0.15) is 26.3 Å². The van der Waals surface area contributed by atoms with Gasteiger partial charge in [0.15, 0.2) is 0 Å². The van der Waals surface area contributed by atoms with Crippen molar-refractivity contribution in [3.63, 3.8) is 0 Å². The highest BCUT2D eigenvalue weighted by molar-refractivity contribution is 6.33. The SMILES string of the molecule is O=C(NN=Cc1c(OC(=O)c2ccccc2Cl)ccc2ccccc12)c1ccc(Cl)cc1. The highest BCUT2D eigenvalue weighted by atomic mass is 35.5. The third-order valence-electron chi connectivity index (χ3n) is 4.69. The summed E-state index contributed by atoms with van der Waals surface area (Å²) in [6, 6.07) is 24.2. The zero-order chi connectivity index (χ0) is 22.5. The number of hydrazone groups is 1. The van der Waals surface area contributed by atoms with Crippen LogP contribution in [0.3, 0.4) is 0 Å². The van der Waals surface area contributed by atoms with Crippen LogP contribution >= 0.6 is 23.2 Å². The smallest absolute Gasteiger partial charge is 0.345 e. The molecule has 0 aliphatic carbocycles.